The van der Waals surface area contributed by atoms with Crippen LogP contribution in [0.4, 0.5) is 0 Å². The van der Waals surface area contributed by atoms with E-state index in [2.05, 4.69) is 32.7 Å². The minimum Gasteiger partial charge on any atom is -0.480 e. The van der Waals surface area contributed by atoms with Gasteiger partial charge in [-0.05, 0) is 46.2 Å². The smallest absolute Gasteiger partial charge is 0.323 e. The summed E-state index contributed by atoms with van der Waals surface area (Å²) >= 11 is 0. The molecule has 4 nitrogen and oxygen atoms in total. The van der Waals surface area contributed by atoms with Crippen LogP contribution in [0, 0.1) is 5.92 Å². The van der Waals surface area contributed by atoms with Crippen LogP contribution < -0.4 is 5.73 Å². The second-order valence-corrected chi connectivity index (χ2v) is 5.29. The highest BCUT2D eigenvalue weighted by Gasteiger charge is 2.27. The van der Waals surface area contributed by atoms with E-state index in [1.165, 1.54) is 0 Å². The first kappa shape index (κ1) is 15.4. The summed E-state index contributed by atoms with van der Waals surface area (Å²) in [6.07, 6.45) is 1.32. The van der Waals surface area contributed by atoms with Crippen LogP contribution in [0.1, 0.15) is 40.5 Å². The lowest BCUT2D eigenvalue weighted by molar-refractivity contribution is -0.142. The van der Waals surface area contributed by atoms with E-state index in [1.807, 2.05) is 0 Å². The van der Waals surface area contributed by atoms with Gasteiger partial charge in [0.25, 0.3) is 0 Å². The molecule has 0 aromatic carbocycles. The topological polar surface area (TPSA) is 66.6 Å². The number of rotatable bonds is 7. The highest BCUT2D eigenvalue weighted by Crippen LogP contribution is 2.12. The van der Waals surface area contributed by atoms with Crippen LogP contribution in [-0.2, 0) is 4.79 Å². The highest BCUT2D eigenvalue weighted by molar-refractivity contribution is 5.77. The van der Waals surface area contributed by atoms with Gasteiger partial charge in [0.05, 0.1) is 0 Å². The molecule has 0 spiro atoms. The first-order chi connectivity index (χ1) is 7.18. The third-order valence-electron chi connectivity index (χ3n) is 3.36. The molecule has 0 radical (unpaired) electrons. The Morgan fingerprint density at radius 1 is 1.44 bits per heavy atom. The van der Waals surface area contributed by atoms with Gasteiger partial charge >= 0.3 is 5.97 Å². The molecule has 16 heavy (non-hydrogen) atoms. The zero-order valence-electron chi connectivity index (χ0n) is 11.2. The molecule has 0 saturated heterocycles. The summed E-state index contributed by atoms with van der Waals surface area (Å²) in [5.74, 6) is -0.319. The number of carboxylic acids is 1. The maximum absolute atomic E-state index is 10.8. The minimum atomic E-state index is -1.10. The van der Waals surface area contributed by atoms with E-state index < -0.39 is 11.5 Å². The van der Waals surface area contributed by atoms with Crippen LogP contribution in [0.2, 0.25) is 0 Å². The maximum atomic E-state index is 10.8. The monoisotopic (exact) mass is 230 g/mol. The highest BCUT2D eigenvalue weighted by atomic mass is 16.4. The van der Waals surface area contributed by atoms with Crippen molar-refractivity contribution in [1.29, 1.82) is 0 Å². The summed E-state index contributed by atoms with van der Waals surface area (Å²) < 4.78 is 0. The Balaban J connectivity index is 3.95. The van der Waals surface area contributed by atoms with Crippen molar-refractivity contribution in [1.82, 2.24) is 4.90 Å². The molecule has 2 unspecified atom stereocenters. The second kappa shape index (κ2) is 6.21. The molecule has 0 saturated carbocycles. The average molecular weight is 230 g/mol. The zero-order valence-corrected chi connectivity index (χ0v) is 11.2. The van der Waals surface area contributed by atoms with Gasteiger partial charge in [0.1, 0.15) is 5.54 Å². The van der Waals surface area contributed by atoms with Gasteiger partial charge in [-0.15, -0.1) is 0 Å². The lowest BCUT2D eigenvalue weighted by Crippen LogP contribution is -2.45. The molecule has 0 aliphatic heterocycles. The van der Waals surface area contributed by atoms with Crippen molar-refractivity contribution in [3.05, 3.63) is 0 Å². The normalized spacial score (nSPS) is 17.5. The number of carbonyl (C=O) groups is 1. The molecule has 0 aliphatic rings. The molecule has 4 heteroatoms. The maximum Gasteiger partial charge on any atom is 0.323 e. The molecule has 0 aliphatic carbocycles. The zero-order chi connectivity index (χ0) is 12.9. The fourth-order valence-electron chi connectivity index (χ4n) is 1.52. The Bertz CT molecular complexity index is 227. The van der Waals surface area contributed by atoms with E-state index in [4.69, 9.17) is 10.8 Å². The predicted octanol–water partition coefficient (Wildman–Crippen LogP) is 1.54. The number of nitrogens with zero attached hydrogens (tertiary/aromatic N) is 1. The Kier molecular flexibility index (Phi) is 5.97. The van der Waals surface area contributed by atoms with E-state index in [-0.39, 0.29) is 0 Å². The molecular weight excluding hydrogens is 204 g/mol. The van der Waals surface area contributed by atoms with Gasteiger partial charge in [-0.2, -0.15) is 0 Å². The molecule has 2 atom stereocenters. The summed E-state index contributed by atoms with van der Waals surface area (Å²) in [5, 5.41) is 8.87. The van der Waals surface area contributed by atoms with Crippen LogP contribution in [-0.4, -0.2) is 41.1 Å². The summed E-state index contributed by atoms with van der Waals surface area (Å²) in [4.78, 5) is 13.1. The molecule has 3 N–H and O–H groups in total. The molecule has 0 bridgehead atoms. The molecule has 0 amide bonds. The van der Waals surface area contributed by atoms with Gasteiger partial charge in [0, 0.05) is 6.04 Å². The molecule has 0 rings (SSSR count). The molecule has 0 heterocycles. The van der Waals surface area contributed by atoms with Crippen LogP contribution in [0.3, 0.4) is 0 Å². The minimum absolute atomic E-state index is 0.508. The van der Waals surface area contributed by atoms with Crippen LogP contribution in [0.5, 0.6) is 0 Å². The van der Waals surface area contributed by atoms with Crippen molar-refractivity contribution in [2.75, 3.05) is 13.6 Å². The number of carboxylic acid groups (broad SMARTS) is 1. The van der Waals surface area contributed by atoms with Gasteiger partial charge in [0.2, 0.25) is 0 Å². The first-order valence-corrected chi connectivity index (χ1v) is 5.91. The predicted molar refractivity (Wildman–Crippen MR) is 66.4 cm³/mol. The van der Waals surface area contributed by atoms with E-state index in [9.17, 15) is 4.79 Å². The quantitative estimate of drug-likeness (QED) is 0.696. The summed E-state index contributed by atoms with van der Waals surface area (Å²) in [6.45, 7) is 9.01. The molecular formula is C12H26N2O2. The first-order valence-electron chi connectivity index (χ1n) is 5.91. The Labute approximate surface area is 98.8 Å². The van der Waals surface area contributed by atoms with Gasteiger partial charge in [0.15, 0.2) is 0 Å². The SMILES string of the molecule is CC(C)C(C)N(C)CCCC(C)(N)C(=O)O. The van der Waals surface area contributed by atoms with Crippen LogP contribution in [0.15, 0.2) is 0 Å². The summed E-state index contributed by atoms with van der Waals surface area (Å²) in [5.41, 5.74) is 4.57. The Morgan fingerprint density at radius 2 is 1.94 bits per heavy atom. The third kappa shape index (κ3) is 4.94. The lowest BCUT2D eigenvalue weighted by Gasteiger charge is -2.29. The molecule has 0 fully saturated rings. The lowest BCUT2D eigenvalue weighted by atomic mass is 9.97. The number of hydrogen-bond acceptors (Lipinski definition) is 3. The fourth-order valence-corrected chi connectivity index (χ4v) is 1.52. The van der Waals surface area contributed by atoms with Gasteiger partial charge in [-0.3, -0.25) is 4.79 Å². The third-order valence-corrected chi connectivity index (χ3v) is 3.36. The van der Waals surface area contributed by atoms with E-state index >= 15 is 0 Å². The van der Waals surface area contributed by atoms with Gasteiger partial charge in [-0.25, -0.2) is 0 Å². The van der Waals surface area contributed by atoms with Crippen LogP contribution >= 0.6 is 0 Å². The van der Waals surface area contributed by atoms with Crippen molar-refractivity contribution in [2.45, 2.75) is 52.1 Å². The standard InChI is InChI=1S/C12H26N2O2/c1-9(2)10(3)14(5)8-6-7-12(4,13)11(15)16/h9-10H,6-8,13H2,1-5H3,(H,15,16). The van der Waals surface area contributed by atoms with Gasteiger partial charge in [-0.1, -0.05) is 13.8 Å². The van der Waals surface area contributed by atoms with Crippen molar-refractivity contribution < 1.29 is 9.90 Å². The Hall–Kier alpha value is -0.610. The van der Waals surface area contributed by atoms with Crippen molar-refractivity contribution in [3.8, 4) is 0 Å². The van der Waals surface area contributed by atoms with Crippen molar-refractivity contribution >= 4 is 5.97 Å². The van der Waals surface area contributed by atoms with Crippen molar-refractivity contribution in [2.24, 2.45) is 11.7 Å². The summed E-state index contributed by atoms with van der Waals surface area (Å²) in [6, 6.07) is 0.508. The van der Waals surface area contributed by atoms with Crippen LogP contribution in [0.25, 0.3) is 0 Å². The molecule has 0 aromatic heterocycles. The largest absolute Gasteiger partial charge is 0.480 e. The van der Waals surface area contributed by atoms with E-state index in [0.717, 1.165) is 13.0 Å². The van der Waals surface area contributed by atoms with Gasteiger partial charge < -0.3 is 15.7 Å². The summed E-state index contributed by atoms with van der Waals surface area (Å²) in [7, 11) is 2.07. The Morgan fingerprint density at radius 3 is 2.31 bits per heavy atom. The van der Waals surface area contributed by atoms with Crippen molar-refractivity contribution in [3.63, 3.8) is 0 Å². The fraction of sp³-hybridized carbons (Fsp3) is 0.917. The number of hydrogen-bond donors (Lipinski definition) is 2. The molecule has 96 valence electrons. The number of aliphatic carboxylic acids is 1. The second-order valence-electron chi connectivity index (χ2n) is 5.29. The average Bonchev–Trinajstić information content (AvgIpc) is 2.15. The van der Waals surface area contributed by atoms with E-state index in [1.54, 1.807) is 6.92 Å². The molecule has 0 aromatic rings. The number of nitrogens with two attached hydrogens (primary N) is 1. The van der Waals surface area contributed by atoms with E-state index in [0.29, 0.717) is 18.4 Å².